The molecule has 1 amide bonds. The van der Waals surface area contributed by atoms with E-state index in [1.54, 1.807) is 12.0 Å². The lowest BCUT2D eigenvalue weighted by atomic mass is 10.1. The summed E-state index contributed by atoms with van der Waals surface area (Å²) in [7, 11) is 3.75. The van der Waals surface area contributed by atoms with Crippen molar-refractivity contribution in [3.05, 3.63) is 71.4 Å². The molecule has 0 saturated carbocycles. The summed E-state index contributed by atoms with van der Waals surface area (Å²) in [5.41, 5.74) is 2.67. The highest BCUT2D eigenvalue weighted by molar-refractivity contribution is 5.68. The number of carbonyl (C=O) groups excluding carboxylic acids is 1. The van der Waals surface area contributed by atoms with Crippen LogP contribution in [0.4, 0.5) is 10.7 Å². The van der Waals surface area contributed by atoms with Crippen molar-refractivity contribution in [2.45, 2.75) is 19.6 Å². The summed E-state index contributed by atoms with van der Waals surface area (Å²) in [5, 5.41) is 0. The average Bonchev–Trinajstić information content (AvgIpc) is 2.93. The molecule has 5 rings (SSSR count). The van der Waals surface area contributed by atoms with Crippen LogP contribution < -0.4 is 14.4 Å². The number of ether oxygens (including phenoxy) is 3. The van der Waals surface area contributed by atoms with Gasteiger partial charge in [0.15, 0.2) is 0 Å². The zero-order valence-electron chi connectivity index (χ0n) is 20.7. The number of hydrogen-bond acceptors (Lipinski definition) is 8. The molecule has 0 aliphatic carbocycles. The molecule has 1 aromatic heterocycles. The topological polar surface area (TPSA) is 80.3 Å². The molecular formula is C27H31N5O4. The van der Waals surface area contributed by atoms with Gasteiger partial charge in [0.25, 0.3) is 0 Å². The molecule has 2 aromatic carbocycles. The Morgan fingerprint density at radius 2 is 1.64 bits per heavy atom. The molecule has 9 nitrogen and oxygen atoms in total. The average molecular weight is 490 g/mol. The molecule has 2 aliphatic rings. The standard InChI is InChI=1S/C27H31N5O4/c1-30-14-16-31(17-15-30)26-28-24-12-13-32(27(33)35-19-20-6-4-3-5-7-20)18-23(24)25(29-26)36-22-10-8-21(34-2)9-11-22/h3-11H,12-19H2,1-2H3. The van der Waals surface area contributed by atoms with Gasteiger partial charge in [-0.2, -0.15) is 4.98 Å². The molecule has 36 heavy (non-hydrogen) atoms. The van der Waals surface area contributed by atoms with Crippen LogP contribution >= 0.6 is 0 Å². The summed E-state index contributed by atoms with van der Waals surface area (Å²) in [6.45, 7) is 4.72. The Hall–Kier alpha value is -3.85. The zero-order valence-corrected chi connectivity index (χ0v) is 20.7. The number of carbonyl (C=O) groups is 1. The van der Waals surface area contributed by atoms with Gasteiger partial charge < -0.3 is 28.9 Å². The molecule has 0 atom stereocenters. The first-order valence-electron chi connectivity index (χ1n) is 12.2. The minimum Gasteiger partial charge on any atom is -0.497 e. The summed E-state index contributed by atoms with van der Waals surface area (Å²) in [4.78, 5) is 28.8. The first-order chi connectivity index (χ1) is 17.6. The lowest BCUT2D eigenvalue weighted by molar-refractivity contribution is 0.0912. The zero-order chi connectivity index (χ0) is 24.9. The molecule has 2 aliphatic heterocycles. The van der Waals surface area contributed by atoms with Gasteiger partial charge in [0.05, 0.1) is 24.9 Å². The molecule has 3 aromatic rings. The Bertz CT molecular complexity index is 1180. The molecule has 0 radical (unpaired) electrons. The molecule has 0 unspecified atom stereocenters. The third-order valence-corrected chi connectivity index (χ3v) is 6.53. The molecule has 0 bridgehead atoms. The molecule has 0 N–H and O–H groups in total. The summed E-state index contributed by atoms with van der Waals surface area (Å²) < 4.78 is 17.1. The Morgan fingerprint density at radius 1 is 0.917 bits per heavy atom. The number of benzene rings is 2. The van der Waals surface area contributed by atoms with Crippen LogP contribution in [-0.2, 0) is 24.3 Å². The van der Waals surface area contributed by atoms with Gasteiger partial charge in [-0.1, -0.05) is 30.3 Å². The van der Waals surface area contributed by atoms with Crippen LogP contribution in [0.5, 0.6) is 17.4 Å². The Labute approximate surface area is 211 Å². The summed E-state index contributed by atoms with van der Waals surface area (Å²) in [5.74, 6) is 2.53. The van der Waals surface area contributed by atoms with Crippen LogP contribution in [0.15, 0.2) is 54.6 Å². The molecule has 1 fully saturated rings. The van der Waals surface area contributed by atoms with E-state index in [1.807, 2.05) is 54.6 Å². The number of methoxy groups -OCH3 is 1. The molecule has 9 heteroatoms. The second-order valence-electron chi connectivity index (χ2n) is 9.03. The molecule has 0 spiro atoms. The van der Waals surface area contributed by atoms with Crippen molar-refractivity contribution in [3.63, 3.8) is 0 Å². The van der Waals surface area contributed by atoms with E-state index in [0.29, 0.717) is 37.1 Å². The summed E-state index contributed by atoms with van der Waals surface area (Å²) in [6.07, 6.45) is 0.251. The normalized spacial score (nSPS) is 15.8. The van der Waals surface area contributed by atoms with Crippen molar-refractivity contribution < 1.29 is 19.0 Å². The van der Waals surface area contributed by atoms with E-state index in [-0.39, 0.29) is 12.7 Å². The smallest absolute Gasteiger partial charge is 0.410 e. The molecule has 3 heterocycles. The maximum atomic E-state index is 12.9. The van der Waals surface area contributed by atoms with Gasteiger partial charge in [0.2, 0.25) is 11.8 Å². The second-order valence-corrected chi connectivity index (χ2v) is 9.03. The highest BCUT2D eigenvalue weighted by atomic mass is 16.6. The highest BCUT2D eigenvalue weighted by Gasteiger charge is 2.29. The number of rotatable bonds is 6. The predicted octanol–water partition coefficient (Wildman–Crippen LogP) is 3.72. The molecule has 1 saturated heterocycles. The number of hydrogen-bond donors (Lipinski definition) is 0. The van der Waals surface area contributed by atoms with E-state index >= 15 is 0 Å². The fourth-order valence-electron chi connectivity index (χ4n) is 4.33. The monoisotopic (exact) mass is 489 g/mol. The Morgan fingerprint density at radius 3 is 2.36 bits per heavy atom. The van der Waals surface area contributed by atoms with Crippen molar-refractivity contribution in [2.75, 3.05) is 51.8 Å². The van der Waals surface area contributed by atoms with E-state index in [2.05, 4.69) is 16.8 Å². The van der Waals surface area contributed by atoms with Crippen LogP contribution in [-0.4, -0.2) is 72.7 Å². The van der Waals surface area contributed by atoms with Crippen molar-refractivity contribution in [2.24, 2.45) is 0 Å². The Balaban J connectivity index is 1.38. The van der Waals surface area contributed by atoms with Gasteiger partial charge in [-0.25, -0.2) is 9.78 Å². The third kappa shape index (κ3) is 5.52. The first-order valence-corrected chi connectivity index (χ1v) is 12.2. The van der Waals surface area contributed by atoms with Crippen LogP contribution in [0.25, 0.3) is 0 Å². The summed E-state index contributed by atoms with van der Waals surface area (Å²) in [6, 6.07) is 17.1. The van der Waals surface area contributed by atoms with E-state index in [0.717, 1.165) is 48.7 Å². The lowest BCUT2D eigenvalue weighted by Crippen LogP contribution is -2.45. The van der Waals surface area contributed by atoms with Crippen molar-refractivity contribution in [3.8, 4) is 17.4 Å². The van der Waals surface area contributed by atoms with Crippen molar-refractivity contribution in [1.29, 1.82) is 0 Å². The van der Waals surface area contributed by atoms with Crippen LogP contribution in [0.3, 0.4) is 0 Å². The van der Waals surface area contributed by atoms with Gasteiger partial charge in [-0.05, 0) is 36.9 Å². The van der Waals surface area contributed by atoms with E-state index in [9.17, 15) is 4.79 Å². The molecular weight excluding hydrogens is 458 g/mol. The quantitative estimate of drug-likeness (QED) is 0.518. The first kappa shape index (κ1) is 23.9. The second kappa shape index (κ2) is 10.8. The number of fused-ring (bicyclic) bond motifs is 1. The largest absolute Gasteiger partial charge is 0.497 e. The van der Waals surface area contributed by atoms with Crippen LogP contribution in [0, 0.1) is 0 Å². The van der Waals surface area contributed by atoms with Gasteiger partial charge in [-0.3, -0.25) is 0 Å². The van der Waals surface area contributed by atoms with Crippen LogP contribution in [0.1, 0.15) is 16.8 Å². The number of piperazine rings is 1. The minimum absolute atomic E-state index is 0.233. The lowest BCUT2D eigenvalue weighted by Gasteiger charge is -2.34. The highest BCUT2D eigenvalue weighted by Crippen LogP contribution is 2.32. The van der Waals surface area contributed by atoms with E-state index in [4.69, 9.17) is 24.2 Å². The predicted molar refractivity (Wildman–Crippen MR) is 136 cm³/mol. The molecule has 188 valence electrons. The van der Waals surface area contributed by atoms with Crippen LogP contribution in [0.2, 0.25) is 0 Å². The van der Waals surface area contributed by atoms with Crippen molar-refractivity contribution >= 4 is 12.0 Å². The minimum atomic E-state index is -0.358. The SMILES string of the molecule is COc1ccc(Oc2nc(N3CCN(C)CC3)nc3c2CN(C(=O)OCc2ccccc2)CC3)cc1. The summed E-state index contributed by atoms with van der Waals surface area (Å²) >= 11 is 0. The fraction of sp³-hybridized carbons (Fsp3) is 0.370. The maximum absolute atomic E-state index is 12.9. The van der Waals surface area contributed by atoms with E-state index in [1.165, 1.54) is 0 Å². The van der Waals surface area contributed by atoms with Gasteiger partial charge >= 0.3 is 6.09 Å². The number of amides is 1. The Kier molecular flexibility index (Phi) is 7.18. The van der Waals surface area contributed by atoms with E-state index < -0.39 is 0 Å². The fourth-order valence-corrected chi connectivity index (χ4v) is 4.33. The number of aromatic nitrogens is 2. The maximum Gasteiger partial charge on any atom is 0.410 e. The van der Waals surface area contributed by atoms with Gasteiger partial charge in [-0.15, -0.1) is 0 Å². The number of anilines is 1. The number of likely N-dealkylation sites (N-methyl/N-ethyl adjacent to an activating group) is 1. The van der Waals surface area contributed by atoms with Gasteiger partial charge in [0, 0.05) is 39.1 Å². The number of nitrogens with zero attached hydrogens (tertiary/aromatic N) is 5. The third-order valence-electron chi connectivity index (χ3n) is 6.53. The van der Waals surface area contributed by atoms with Crippen molar-refractivity contribution in [1.82, 2.24) is 19.8 Å². The van der Waals surface area contributed by atoms with Gasteiger partial charge in [0.1, 0.15) is 18.1 Å².